The van der Waals surface area contributed by atoms with E-state index in [1.54, 1.807) is 12.1 Å². The second-order valence-electron chi connectivity index (χ2n) is 5.19. The summed E-state index contributed by atoms with van der Waals surface area (Å²) in [4.78, 5) is 14.1. The Labute approximate surface area is 114 Å². The molecule has 0 saturated heterocycles. The number of benzene rings is 1. The number of carbonyl (C=O) groups excluding carboxylic acids is 1. The molecule has 0 aliphatic rings. The average molecular weight is 266 g/mol. The summed E-state index contributed by atoms with van der Waals surface area (Å²) in [6, 6.07) is 6.60. The molecule has 0 aromatic heterocycles. The second-order valence-corrected chi connectivity index (χ2v) is 5.19. The third-order valence-electron chi connectivity index (χ3n) is 3.07. The van der Waals surface area contributed by atoms with Crippen LogP contribution >= 0.6 is 0 Å². The van der Waals surface area contributed by atoms with Crippen molar-refractivity contribution in [2.75, 3.05) is 13.1 Å². The van der Waals surface area contributed by atoms with E-state index in [0.717, 1.165) is 6.54 Å². The van der Waals surface area contributed by atoms with E-state index in [9.17, 15) is 9.18 Å². The van der Waals surface area contributed by atoms with Crippen molar-refractivity contribution >= 4 is 5.91 Å². The minimum atomic E-state index is -0.390. The second kappa shape index (κ2) is 7.24. The van der Waals surface area contributed by atoms with Crippen LogP contribution < -0.4 is 5.32 Å². The van der Waals surface area contributed by atoms with Gasteiger partial charge < -0.3 is 5.32 Å². The van der Waals surface area contributed by atoms with E-state index in [4.69, 9.17) is 0 Å². The van der Waals surface area contributed by atoms with Gasteiger partial charge in [0, 0.05) is 30.7 Å². The van der Waals surface area contributed by atoms with Crippen molar-refractivity contribution in [3.8, 4) is 0 Å². The number of hydrogen-bond donors (Lipinski definition) is 1. The van der Waals surface area contributed by atoms with Crippen LogP contribution in [0.15, 0.2) is 24.3 Å². The molecule has 106 valence electrons. The lowest BCUT2D eigenvalue weighted by Crippen LogP contribution is -2.42. The number of nitrogens with one attached hydrogen (secondary N) is 1. The standard InChI is InChI=1S/C15H23FN2O/c1-11(2)18(12(3)4)9-8-17-15(19)13-6-5-7-14(16)10-13/h5-7,10-12H,8-9H2,1-4H3,(H,17,19). The lowest BCUT2D eigenvalue weighted by Gasteiger charge is -2.30. The van der Waals surface area contributed by atoms with Gasteiger partial charge in [0.25, 0.3) is 5.91 Å². The predicted octanol–water partition coefficient (Wildman–Crippen LogP) is 2.67. The summed E-state index contributed by atoms with van der Waals surface area (Å²) in [7, 11) is 0. The Morgan fingerprint density at radius 2 is 1.89 bits per heavy atom. The Balaban J connectivity index is 2.47. The molecule has 4 heteroatoms. The van der Waals surface area contributed by atoms with Gasteiger partial charge in [0.1, 0.15) is 5.82 Å². The van der Waals surface area contributed by atoms with Crippen LogP contribution in [0.1, 0.15) is 38.1 Å². The zero-order valence-electron chi connectivity index (χ0n) is 12.1. The predicted molar refractivity (Wildman–Crippen MR) is 75.7 cm³/mol. The molecule has 19 heavy (non-hydrogen) atoms. The van der Waals surface area contributed by atoms with Crippen molar-refractivity contribution in [1.82, 2.24) is 10.2 Å². The highest BCUT2D eigenvalue weighted by Crippen LogP contribution is 2.05. The number of rotatable bonds is 6. The van der Waals surface area contributed by atoms with E-state index in [1.807, 2.05) is 0 Å². The molecule has 0 fully saturated rings. The number of carbonyl (C=O) groups is 1. The molecule has 1 N–H and O–H groups in total. The average Bonchev–Trinajstić information content (AvgIpc) is 2.33. The third-order valence-corrected chi connectivity index (χ3v) is 3.07. The van der Waals surface area contributed by atoms with Crippen molar-refractivity contribution in [3.63, 3.8) is 0 Å². The molecule has 0 radical (unpaired) electrons. The fourth-order valence-electron chi connectivity index (χ4n) is 2.14. The van der Waals surface area contributed by atoms with Gasteiger partial charge in [-0.05, 0) is 45.9 Å². The summed E-state index contributed by atoms with van der Waals surface area (Å²) in [5.74, 6) is -0.620. The quantitative estimate of drug-likeness (QED) is 0.858. The van der Waals surface area contributed by atoms with E-state index in [1.165, 1.54) is 12.1 Å². The smallest absolute Gasteiger partial charge is 0.251 e. The molecule has 0 atom stereocenters. The maximum absolute atomic E-state index is 13.0. The highest BCUT2D eigenvalue weighted by atomic mass is 19.1. The molecule has 0 bridgehead atoms. The van der Waals surface area contributed by atoms with Crippen LogP contribution in [0, 0.1) is 5.82 Å². The van der Waals surface area contributed by atoms with Gasteiger partial charge in [0.2, 0.25) is 0 Å². The molecule has 3 nitrogen and oxygen atoms in total. The van der Waals surface area contributed by atoms with Crippen molar-refractivity contribution in [2.24, 2.45) is 0 Å². The first-order chi connectivity index (χ1) is 8.91. The molecule has 1 aromatic carbocycles. The monoisotopic (exact) mass is 266 g/mol. The Bertz CT molecular complexity index is 410. The highest BCUT2D eigenvalue weighted by molar-refractivity contribution is 5.94. The molecule has 0 heterocycles. The molecule has 0 aliphatic heterocycles. The van der Waals surface area contributed by atoms with Crippen LogP contribution in [0.5, 0.6) is 0 Å². The first kappa shape index (κ1) is 15.6. The van der Waals surface area contributed by atoms with Gasteiger partial charge >= 0.3 is 0 Å². The molecule has 1 amide bonds. The van der Waals surface area contributed by atoms with E-state index in [-0.39, 0.29) is 5.91 Å². The van der Waals surface area contributed by atoms with Gasteiger partial charge in [-0.15, -0.1) is 0 Å². The fourth-order valence-corrected chi connectivity index (χ4v) is 2.14. The van der Waals surface area contributed by atoms with E-state index >= 15 is 0 Å². The summed E-state index contributed by atoms with van der Waals surface area (Å²) >= 11 is 0. The Kier molecular flexibility index (Phi) is 5.96. The van der Waals surface area contributed by atoms with Crippen molar-refractivity contribution in [3.05, 3.63) is 35.6 Å². The van der Waals surface area contributed by atoms with Gasteiger partial charge in [-0.3, -0.25) is 9.69 Å². The third kappa shape index (κ3) is 4.99. The molecular formula is C15H23FN2O. The van der Waals surface area contributed by atoms with Gasteiger partial charge in [-0.25, -0.2) is 4.39 Å². The topological polar surface area (TPSA) is 32.3 Å². The maximum Gasteiger partial charge on any atom is 0.251 e. The van der Waals surface area contributed by atoms with Crippen LogP contribution in [-0.2, 0) is 0 Å². The summed E-state index contributed by atoms with van der Waals surface area (Å²) in [5, 5.41) is 2.82. The van der Waals surface area contributed by atoms with Gasteiger partial charge in [-0.1, -0.05) is 6.07 Å². The molecule has 0 unspecified atom stereocenters. The maximum atomic E-state index is 13.0. The molecule has 0 spiro atoms. The van der Waals surface area contributed by atoms with Crippen LogP contribution in [0.2, 0.25) is 0 Å². The van der Waals surface area contributed by atoms with E-state index in [2.05, 4.69) is 37.9 Å². The van der Waals surface area contributed by atoms with Crippen LogP contribution in [-0.4, -0.2) is 36.0 Å². The van der Waals surface area contributed by atoms with Gasteiger partial charge in [0.05, 0.1) is 0 Å². The Morgan fingerprint density at radius 1 is 1.26 bits per heavy atom. The number of amides is 1. The van der Waals surface area contributed by atoms with Crippen molar-refractivity contribution in [1.29, 1.82) is 0 Å². The summed E-state index contributed by atoms with van der Waals surface area (Å²) < 4.78 is 13.0. The molecule has 0 saturated carbocycles. The van der Waals surface area contributed by atoms with Crippen LogP contribution in [0.25, 0.3) is 0 Å². The normalized spacial score (nSPS) is 11.4. The minimum absolute atomic E-state index is 0.230. The van der Waals surface area contributed by atoms with Crippen molar-refractivity contribution in [2.45, 2.75) is 39.8 Å². The summed E-state index contributed by atoms with van der Waals surface area (Å²) in [5.41, 5.74) is 0.362. The van der Waals surface area contributed by atoms with E-state index < -0.39 is 5.82 Å². The fraction of sp³-hybridized carbons (Fsp3) is 0.533. The largest absolute Gasteiger partial charge is 0.351 e. The lowest BCUT2D eigenvalue weighted by atomic mass is 10.2. The molecular weight excluding hydrogens is 243 g/mol. The van der Waals surface area contributed by atoms with E-state index in [0.29, 0.717) is 24.2 Å². The summed E-state index contributed by atoms with van der Waals surface area (Å²) in [6.45, 7) is 9.88. The minimum Gasteiger partial charge on any atom is -0.351 e. The number of nitrogens with zero attached hydrogens (tertiary/aromatic N) is 1. The van der Waals surface area contributed by atoms with Crippen LogP contribution in [0.3, 0.4) is 0 Å². The van der Waals surface area contributed by atoms with Gasteiger partial charge in [-0.2, -0.15) is 0 Å². The highest BCUT2D eigenvalue weighted by Gasteiger charge is 2.13. The lowest BCUT2D eigenvalue weighted by molar-refractivity contribution is 0.0939. The summed E-state index contributed by atoms with van der Waals surface area (Å²) in [6.07, 6.45) is 0. The number of halogens is 1. The van der Waals surface area contributed by atoms with Crippen molar-refractivity contribution < 1.29 is 9.18 Å². The first-order valence-corrected chi connectivity index (χ1v) is 6.71. The van der Waals surface area contributed by atoms with Gasteiger partial charge in [0.15, 0.2) is 0 Å². The zero-order chi connectivity index (χ0) is 14.4. The Morgan fingerprint density at radius 3 is 2.42 bits per heavy atom. The SMILES string of the molecule is CC(C)N(CCNC(=O)c1cccc(F)c1)C(C)C. The molecule has 1 aromatic rings. The zero-order valence-corrected chi connectivity index (χ0v) is 12.1. The molecule has 1 rings (SSSR count). The molecule has 0 aliphatic carbocycles. The Hall–Kier alpha value is -1.42. The van der Waals surface area contributed by atoms with Crippen LogP contribution in [0.4, 0.5) is 4.39 Å². The number of hydrogen-bond acceptors (Lipinski definition) is 2. The first-order valence-electron chi connectivity index (χ1n) is 6.71.